The van der Waals surface area contributed by atoms with Crippen LogP contribution in [0.25, 0.3) is 16.5 Å². The molecular weight excluding hydrogens is 805 g/mol. The second-order valence-electron chi connectivity index (χ2n) is 14.4. The molecule has 1 aliphatic rings. The Balaban J connectivity index is 0.00000391. The summed E-state index contributed by atoms with van der Waals surface area (Å²) in [6, 6.07) is 6.18. The van der Waals surface area contributed by atoms with Gasteiger partial charge >= 0.3 is 23.4 Å². The number of allylic oxidation sites excluding steroid dienone is 3. The van der Waals surface area contributed by atoms with Gasteiger partial charge in [-0.25, -0.2) is 32.1 Å². The van der Waals surface area contributed by atoms with Gasteiger partial charge in [-0.05, 0) is 75.9 Å². The molecule has 0 saturated carbocycles. The smallest absolute Gasteiger partial charge is 0.407 e. The van der Waals surface area contributed by atoms with Crippen molar-refractivity contribution >= 4 is 47.1 Å². The normalized spacial score (nSPS) is 13.3. The first-order valence-electron chi connectivity index (χ1n) is 19.1. The summed E-state index contributed by atoms with van der Waals surface area (Å²) in [6.45, 7) is 9.33. The molecule has 14 nitrogen and oxygen atoms in total. The average molecular weight is 853 g/mol. The molecule has 0 saturated heterocycles. The number of rotatable bonds is 15. The van der Waals surface area contributed by atoms with Crippen molar-refractivity contribution in [2.45, 2.75) is 78.4 Å². The van der Waals surface area contributed by atoms with Crippen LogP contribution in [-0.4, -0.2) is 63.7 Å². The first-order chi connectivity index (χ1) is 28.6. The van der Waals surface area contributed by atoms with Crippen molar-refractivity contribution < 1.29 is 32.2 Å². The molecule has 1 aliphatic carbocycles. The number of aryl methyl sites for hydroxylation is 1. The van der Waals surface area contributed by atoms with Gasteiger partial charge in [0.25, 0.3) is 0 Å². The van der Waals surface area contributed by atoms with E-state index < -0.39 is 64.6 Å². The fourth-order valence-electron chi connectivity index (χ4n) is 6.29. The number of fused-ring (bicyclic) bond motifs is 1. The van der Waals surface area contributed by atoms with Gasteiger partial charge in [-0.2, -0.15) is 4.98 Å². The van der Waals surface area contributed by atoms with E-state index in [1.807, 2.05) is 6.92 Å². The summed E-state index contributed by atoms with van der Waals surface area (Å²) in [7, 11) is 1.69. The van der Waals surface area contributed by atoms with E-state index in [4.69, 9.17) is 26.5 Å². The van der Waals surface area contributed by atoms with Crippen molar-refractivity contribution in [3.8, 4) is 5.69 Å². The Kier molecular flexibility index (Phi) is 16.4. The highest BCUT2D eigenvalue weighted by atomic mass is 35.5. The second-order valence-corrected chi connectivity index (χ2v) is 14.8. The third kappa shape index (κ3) is 11.7. The van der Waals surface area contributed by atoms with E-state index in [9.17, 15) is 28.0 Å². The Hall–Kier alpha value is -6.23. The number of alkyl carbamates (subject to hydrolysis) is 1. The standard InChI is InChI=1S/C41H45ClF3N7O6.CH3N/c1-6-7-17-57-34(53)14-12-24-9-8-10-26-21-47-22-33(35(24)26)52-38(54)50-37(51(40(52)56)23-27-18-31(44)32(45)19-30(27)43)49-36-28(25(20-46-5)11-13-29(36)42)15-16-48-39(55)58-41(2,3)4;1-2/h8-10,13,18-22,46H,6-7,11-12,14-17,23H2,1-5H3,(H,48,55)(H,49,50,54);2H,1H2/b25-20+;. The highest BCUT2D eigenvalue weighted by Crippen LogP contribution is 2.34. The number of nitrogens with one attached hydrogen (secondary N) is 4. The number of carbonyl (C=O) groups is 2. The fourth-order valence-corrected chi connectivity index (χ4v) is 6.53. The lowest BCUT2D eigenvalue weighted by atomic mass is 9.93. The molecule has 0 atom stereocenters. The van der Waals surface area contributed by atoms with Crippen molar-refractivity contribution in [1.82, 2.24) is 29.7 Å². The largest absolute Gasteiger partial charge is 0.466 e. The zero-order chi connectivity index (χ0) is 44.1. The Bertz CT molecular complexity index is 2440. The number of pyridine rings is 1. The van der Waals surface area contributed by atoms with Gasteiger partial charge in [-0.1, -0.05) is 49.2 Å². The summed E-state index contributed by atoms with van der Waals surface area (Å²) in [5.41, 5.74) is -1.13. The molecule has 4 aromatic rings. The fraction of sp³-hybridized carbons (Fsp3) is 0.357. The molecule has 18 heteroatoms. The van der Waals surface area contributed by atoms with Crippen molar-refractivity contribution in [3.05, 3.63) is 126 Å². The number of hydrogen-bond acceptors (Lipinski definition) is 11. The number of nitrogens with zero attached hydrogens (tertiary/aromatic N) is 4. The van der Waals surface area contributed by atoms with Crippen LogP contribution in [0.15, 0.2) is 86.5 Å². The first kappa shape index (κ1) is 46.5. The van der Waals surface area contributed by atoms with Crippen LogP contribution in [0.1, 0.15) is 70.9 Å². The highest BCUT2D eigenvalue weighted by Gasteiger charge is 2.25. The molecule has 320 valence electrons. The van der Waals surface area contributed by atoms with Crippen molar-refractivity contribution in [2.24, 2.45) is 0 Å². The lowest BCUT2D eigenvalue weighted by Crippen LogP contribution is -2.42. The molecule has 2 aromatic heterocycles. The maximum atomic E-state index is 15.2. The van der Waals surface area contributed by atoms with Crippen LogP contribution in [0, 0.1) is 22.9 Å². The van der Waals surface area contributed by atoms with E-state index in [1.54, 1.807) is 58.3 Å². The van der Waals surface area contributed by atoms with Crippen LogP contribution in [0.5, 0.6) is 0 Å². The van der Waals surface area contributed by atoms with Gasteiger partial charge in [0.1, 0.15) is 11.4 Å². The SMILES string of the molecule is C=N.CCCCOC(=O)CCc1cccc2cncc(-n3c(=O)nc(NC4=C(CCNC(=O)OC(C)(C)C)/C(=C/NC)CC=C4Cl)n(Cc4cc(F)c(F)cc4F)c3=O)c12. The minimum atomic E-state index is -1.43. The minimum Gasteiger partial charge on any atom is -0.466 e. The predicted molar refractivity (Wildman–Crippen MR) is 224 cm³/mol. The Morgan fingerprint density at radius 3 is 2.48 bits per heavy atom. The monoisotopic (exact) mass is 852 g/mol. The summed E-state index contributed by atoms with van der Waals surface area (Å²) in [4.78, 5) is 62.3. The molecule has 60 heavy (non-hydrogen) atoms. The van der Waals surface area contributed by atoms with E-state index in [0.29, 0.717) is 40.5 Å². The number of carbonyl (C=O) groups excluding carboxylic acids is 2. The molecule has 2 heterocycles. The zero-order valence-corrected chi connectivity index (χ0v) is 34.8. The summed E-state index contributed by atoms with van der Waals surface area (Å²) in [5.74, 6) is -4.76. The molecule has 4 N–H and O–H groups in total. The van der Waals surface area contributed by atoms with E-state index in [2.05, 4.69) is 32.6 Å². The Morgan fingerprint density at radius 1 is 1.05 bits per heavy atom. The van der Waals surface area contributed by atoms with Gasteiger partial charge in [0.05, 0.1) is 35.8 Å². The molecule has 1 amide bonds. The van der Waals surface area contributed by atoms with E-state index in [1.165, 1.54) is 12.4 Å². The van der Waals surface area contributed by atoms with Crippen LogP contribution in [-0.2, 0) is 27.2 Å². The number of aromatic nitrogens is 4. The van der Waals surface area contributed by atoms with Gasteiger partial charge in [-0.3, -0.25) is 14.3 Å². The summed E-state index contributed by atoms with van der Waals surface area (Å²) in [6.07, 6.45) is 7.93. The number of benzene rings is 2. The van der Waals surface area contributed by atoms with Gasteiger partial charge in [0.2, 0.25) is 5.95 Å². The molecule has 0 aliphatic heterocycles. The molecule has 2 aromatic carbocycles. The van der Waals surface area contributed by atoms with Gasteiger partial charge in [-0.15, -0.1) is 0 Å². The summed E-state index contributed by atoms with van der Waals surface area (Å²) in [5, 5.41) is 15.3. The van der Waals surface area contributed by atoms with Crippen LogP contribution < -0.4 is 27.3 Å². The highest BCUT2D eigenvalue weighted by molar-refractivity contribution is 6.32. The molecule has 0 radical (unpaired) electrons. The number of amides is 1. The number of ether oxygens (including phenoxy) is 2. The van der Waals surface area contributed by atoms with E-state index in [-0.39, 0.29) is 48.8 Å². The lowest BCUT2D eigenvalue weighted by Gasteiger charge is -2.25. The first-order valence-corrected chi connectivity index (χ1v) is 19.4. The van der Waals surface area contributed by atoms with Crippen LogP contribution in [0.4, 0.5) is 23.9 Å². The molecule has 0 unspecified atom stereocenters. The summed E-state index contributed by atoms with van der Waals surface area (Å²) < 4.78 is 56.1. The average Bonchev–Trinajstić information content (AvgIpc) is 3.19. The molecule has 5 rings (SSSR count). The third-order valence-electron chi connectivity index (χ3n) is 8.97. The van der Waals surface area contributed by atoms with E-state index in [0.717, 1.165) is 27.5 Å². The topological polar surface area (TPSA) is 182 Å². The second kappa shape index (κ2) is 21.2. The van der Waals surface area contributed by atoms with Gasteiger partial charge in [0.15, 0.2) is 11.6 Å². The predicted octanol–water partition coefficient (Wildman–Crippen LogP) is 7.16. The molecule has 0 spiro atoms. The number of anilines is 1. The van der Waals surface area contributed by atoms with E-state index >= 15 is 4.39 Å². The minimum absolute atomic E-state index is 0.0171. The van der Waals surface area contributed by atoms with Crippen molar-refractivity contribution in [2.75, 3.05) is 25.5 Å². The van der Waals surface area contributed by atoms with Crippen molar-refractivity contribution in [3.63, 3.8) is 0 Å². The molecule has 0 bridgehead atoms. The third-order valence-corrected chi connectivity index (χ3v) is 9.31. The number of unbranched alkanes of at least 4 members (excludes halogenated alkanes) is 1. The van der Waals surface area contributed by atoms with Gasteiger partial charge in [0, 0.05) is 54.8 Å². The van der Waals surface area contributed by atoms with Crippen LogP contribution in [0.2, 0.25) is 0 Å². The quantitative estimate of drug-likeness (QED) is 0.0415. The molecular formula is C42H48ClF3N8O6. The zero-order valence-electron chi connectivity index (χ0n) is 34.0. The number of hydrogen-bond donors (Lipinski definition) is 4. The maximum Gasteiger partial charge on any atom is 0.407 e. The lowest BCUT2D eigenvalue weighted by molar-refractivity contribution is -0.143. The van der Waals surface area contributed by atoms with Crippen LogP contribution in [0.3, 0.4) is 0 Å². The maximum absolute atomic E-state index is 15.2. The number of halogens is 4. The van der Waals surface area contributed by atoms with Crippen molar-refractivity contribution in [1.29, 1.82) is 5.41 Å². The number of esters is 1. The van der Waals surface area contributed by atoms with Crippen LogP contribution >= 0.6 is 11.6 Å². The molecule has 0 fully saturated rings. The van der Waals surface area contributed by atoms with Gasteiger partial charge < -0.3 is 30.8 Å². The Labute approximate surface area is 349 Å². The Morgan fingerprint density at radius 2 is 1.78 bits per heavy atom. The summed E-state index contributed by atoms with van der Waals surface area (Å²) >= 11 is 6.76.